The molecule has 0 aliphatic heterocycles. The Hall–Kier alpha value is -2.31. The molecule has 0 aromatic carbocycles. The number of aryl methyl sites for hydroxylation is 1. The predicted octanol–water partition coefficient (Wildman–Crippen LogP) is 1.87. The first-order chi connectivity index (χ1) is 10.8. The van der Waals surface area contributed by atoms with Crippen molar-refractivity contribution in [2.75, 3.05) is 7.05 Å². The van der Waals surface area contributed by atoms with Gasteiger partial charge in [0.25, 0.3) is 0 Å². The summed E-state index contributed by atoms with van der Waals surface area (Å²) in [5.74, 6) is 0. The molecule has 0 saturated carbocycles. The molecule has 1 N–H and O–H groups in total. The molecule has 23 heavy (non-hydrogen) atoms. The third-order valence-electron chi connectivity index (χ3n) is 3.82. The average molecular weight is 318 g/mol. The van der Waals surface area contributed by atoms with Gasteiger partial charge in [-0.15, -0.1) is 0 Å². The third kappa shape index (κ3) is 4.84. The highest BCUT2D eigenvalue weighted by Crippen LogP contribution is 2.21. The number of imidazole rings is 1. The molecular weight excluding hydrogens is 292 g/mol. The van der Waals surface area contributed by atoms with Gasteiger partial charge in [-0.05, 0) is 5.41 Å². The van der Waals surface area contributed by atoms with Crippen LogP contribution < -0.4 is 5.32 Å². The van der Waals surface area contributed by atoms with Gasteiger partial charge in [-0.1, -0.05) is 20.8 Å². The molecule has 7 nitrogen and oxygen atoms in total. The van der Waals surface area contributed by atoms with Crippen LogP contribution in [-0.2, 0) is 20.1 Å². The Morgan fingerprint density at radius 1 is 1.43 bits per heavy atom. The predicted molar refractivity (Wildman–Crippen MR) is 88.7 cm³/mol. The van der Waals surface area contributed by atoms with E-state index in [0.29, 0.717) is 13.1 Å². The summed E-state index contributed by atoms with van der Waals surface area (Å²) < 4.78 is 3.72. The third-order valence-corrected chi connectivity index (χ3v) is 3.82. The Labute approximate surface area is 137 Å². The lowest BCUT2D eigenvalue weighted by Crippen LogP contribution is -2.50. The molecule has 0 bridgehead atoms. The van der Waals surface area contributed by atoms with Gasteiger partial charge in [0, 0.05) is 44.8 Å². The Balaban J connectivity index is 1.98. The van der Waals surface area contributed by atoms with E-state index >= 15 is 0 Å². The number of urea groups is 1. The zero-order valence-electron chi connectivity index (χ0n) is 14.5. The van der Waals surface area contributed by atoms with E-state index in [1.54, 1.807) is 35.4 Å². The summed E-state index contributed by atoms with van der Waals surface area (Å²) in [6.45, 7) is 7.58. The molecule has 2 heterocycles. The van der Waals surface area contributed by atoms with Gasteiger partial charge in [-0.2, -0.15) is 5.10 Å². The summed E-state index contributed by atoms with van der Waals surface area (Å²) in [7, 11) is 3.66. The minimum absolute atomic E-state index is 0.000508. The van der Waals surface area contributed by atoms with Crippen LogP contribution in [-0.4, -0.2) is 43.4 Å². The van der Waals surface area contributed by atoms with Crippen molar-refractivity contribution in [1.82, 2.24) is 29.5 Å². The largest absolute Gasteiger partial charge is 0.335 e. The Morgan fingerprint density at radius 3 is 2.70 bits per heavy atom. The van der Waals surface area contributed by atoms with Crippen LogP contribution in [0.4, 0.5) is 4.79 Å². The molecular formula is C16H26N6O. The van der Waals surface area contributed by atoms with Crippen molar-refractivity contribution in [3.05, 3.63) is 36.7 Å². The molecule has 0 aliphatic rings. The van der Waals surface area contributed by atoms with Crippen LogP contribution in [0.25, 0.3) is 0 Å². The molecule has 2 amide bonds. The number of nitrogens with zero attached hydrogens (tertiary/aromatic N) is 5. The summed E-state index contributed by atoms with van der Waals surface area (Å²) in [5.41, 5.74) is 0.946. The molecule has 7 heteroatoms. The number of aromatic nitrogens is 4. The van der Waals surface area contributed by atoms with Gasteiger partial charge >= 0.3 is 6.03 Å². The molecule has 0 radical (unpaired) electrons. The van der Waals surface area contributed by atoms with Gasteiger partial charge in [0.1, 0.15) is 0 Å². The van der Waals surface area contributed by atoms with E-state index < -0.39 is 0 Å². The van der Waals surface area contributed by atoms with Crippen LogP contribution in [0, 0.1) is 5.41 Å². The lowest BCUT2D eigenvalue weighted by atomic mass is 9.86. The molecule has 0 fully saturated rings. The van der Waals surface area contributed by atoms with Crippen molar-refractivity contribution in [3.8, 4) is 0 Å². The first kappa shape index (κ1) is 17.1. The topological polar surface area (TPSA) is 68.0 Å². The minimum Gasteiger partial charge on any atom is -0.335 e. The second-order valence-corrected chi connectivity index (χ2v) is 7.01. The van der Waals surface area contributed by atoms with Crippen molar-refractivity contribution in [2.24, 2.45) is 12.5 Å². The maximum Gasteiger partial charge on any atom is 0.317 e. The second kappa shape index (κ2) is 6.85. The van der Waals surface area contributed by atoms with E-state index in [-0.39, 0.29) is 17.5 Å². The average Bonchev–Trinajstić information content (AvgIpc) is 3.08. The van der Waals surface area contributed by atoms with Gasteiger partial charge in [-0.25, -0.2) is 9.78 Å². The first-order valence-corrected chi connectivity index (χ1v) is 7.70. The fourth-order valence-corrected chi connectivity index (χ4v) is 2.30. The molecule has 2 aromatic heterocycles. The highest BCUT2D eigenvalue weighted by molar-refractivity contribution is 5.74. The molecule has 126 valence electrons. The van der Waals surface area contributed by atoms with Gasteiger partial charge in [0.15, 0.2) is 0 Å². The SMILES string of the molecule is CN(Cc1cnn(C)c1)C(=O)NC(Cn1ccnc1)C(C)(C)C. The Morgan fingerprint density at radius 2 is 2.17 bits per heavy atom. The van der Waals surface area contributed by atoms with Crippen molar-refractivity contribution < 1.29 is 4.79 Å². The number of hydrogen-bond donors (Lipinski definition) is 1. The standard InChI is InChI=1S/C16H26N6O/c1-16(2,3)14(11-22-7-6-17-12-22)19-15(23)20(4)9-13-8-18-21(5)10-13/h6-8,10,12,14H,9,11H2,1-5H3,(H,19,23). The fourth-order valence-electron chi connectivity index (χ4n) is 2.30. The van der Waals surface area contributed by atoms with Gasteiger partial charge in [0.2, 0.25) is 0 Å². The second-order valence-electron chi connectivity index (χ2n) is 7.01. The zero-order chi connectivity index (χ0) is 17.0. The van der Waals surface area contributed by atoms with Gasteiger partial charge in [0.05, 0.1) is 25.1 Å². The van der Waals surface area contributed by atoms with Crippen molar-refractivity contribution in [2.45, 2.75) is 39.9 Å². The summed E-state index contributed by atoms with van der Waals surface area (Å²) in [6.07, 6.45) is 9.11. The normalized spacial score (nSPS) is 12.9. The molecule has 0 saturated heterocycles. The van der Waals surface area contributed by atoms with Crippen molar-refractivity contribution >= 4 is 6.03 Å². The Kier molecular flexibility index (Phi) is 5.08. The van der Waals surface area contributed by atoms with E-state index in [9.17, 15) is 4.79 Å². The minimum atomic E-state index is -0.0890. The number of nitrogens with one attached hydrogen (secondary N) is 1. The highest BCUT2D eigenvalue weighted by atomic mass is 16.2. The van der Waals surface area contributed by atoms with Gasteiger partial charge in [-0.3, -0.25) is 4.68 Å². The summed E-state index contributed by atoms with van der Waals surface area (Å²) in [4.78, 5) is 18.2. The quantitative estimate of drug-likeness (QED) is 0.915. The number of hydrogen-bond acceptors (Lipinski definition) is 3. The number of rotatable bonds is 5. The molecule has 0 aliphatic carbocycles. The molecule has 2 aromatic rings. The lowest BCUT2D eigenvalue weighted by molar-refractivity contribution is 0.181. The Bertz CT molecular complexity index is 625. The maximum absolute atomic E-state index is 12.5. The van der Waals surface area contributed by atoms with Crippen LogP contribution >= 0.6 is 0 Å². The summed E-state index contributed by atoms with van der Waals surface area (Å²) in [5, 5.41) is 7.26. The smallest absolute Gasteiger partial charge is 0.317 e. The van der Waals surface area contributed by atoms with Crippen LogP contribution in [0.1, 0.15) is 26.3 Å². The van der Waals surface area contributed by atoms with E-state index in [4.69, 9.17) is 0 Å². The zero-order valence-corrected chi connectivity index (χ0v) is 14.5. The maximum atomic E-state index is 12.5. The first-order valence-electron chi connectivity index (χ1n) is 7.70. The summed E-state index contributed by atoms with van der Waals surface area (Å²) in [6, 6.07) is -0.0885. The van der Waals surface area contributed by atoms with Crippen molar-refractivity contribution in [1.29, 1.82) is 0 Å². The molecule has 1 unspecified atom stereocenters. The highest BCUT2D eigenvalue weighted by Gasteiger charge is 2.27. The number of carbonyl (C=O) groups excluding carboxylic acids is 1. The number of carbonyl (C=O) groups is 1. The number of amides is 2. The van der Waals surface area contributed by atoms with Crippen LogP contribution in [0.3, 0.4) is 0 Å². The fraction of sp³-hybridized carbons (Fsp3) is 0.562. The van der Waals surface area contributed by atoms with Crippen molar-refractivity contribution in [3.63, 3.8) is 0 Å². The van der Waals surface area contributed by atoms with Gasteiger partial charge < -0.3 is 14.8 Å². The van der Waals surface area contributed by atoms with Crippen LogP contribution in [0.5, 0.6) is 0 Å². The van der Waals surface area contributed by atoms with Crippen LogP contribution in [0.2, 0.25) is 0 Å². The summed E-state index contributed by atoms with van der Waals surface area (Å²) >= 11 is 0. The van der Waals surface area contributed by atoms with E-state index in [1.807, 2.05) is 24.0 Å². The molecule has 1 atom stereocenters. The van der Waals surface area contributed by atoms with Crippen LogP contribution in [0.15, 0.2) is 31.1 Å². The monoisotopic (exact) mass is 318 g/mol. The van der Waals surface area contributed by atoms with E-state index in [1.165, 1.54) is 0 Å². The van der Waals surface area contributed by atoms with E-state index in [2.05, 4.69) is 36.2 Å². The molecule has 0 spiro atoms. The molecule has 2 rings (SSSR count). The lowest BCUT2D eigenvalue weighted by Gasteiger charge is -2.33. The van der Waals surface area contributed by atoms with E-state index in [0.717, 1.165) is 5.56 Å².